The molecule has 2 aliphatic heterocycles. The quantitative estimate of drug-likeness (QED) is 0.914. The maximum absolute atomic E-state index is 12.5. The molecule has 2 aliphatic rings. The predicted molar refractivity (Wildman–Crippen MR) is 101 cm³/mol. The van der Waals surface area contributed by atoms with Gasteiger partial charge in [0.05, 0.1) is 6.10 Å². The number of anilines is 1. The van der Waals surface area contributed by atoms with E-state index in [0.29, 0.717) is 6.10 Å². The first-order valence-electron chi connectivity index (χ1n) is 9.42. The largest absolute Gasteiger partial charge is 0.377 e. The topological polar surface area (TPSA) is 44.8 Å². The van der Waals surface area contributed by atoms with Crippen molar-refractivity contribution in [3.8, 4) is 0 Å². The van der Waals surface area contributed by atoms with Crippen molar-refractivity contribution >= 4 is 11.7 Å². The van der Waals surface area contributed by atoms with Gasteiger partial charge in [-0.3, -0.25) is 4.90 Å². The van der Waals surface area contributed by atoms with Gasteiger partial charge in [-0.1, -0.05) is 32.9 Å². The SMILES string of the molecule is CC(C)(C)c1ccc(NC(=O)N2CCN(CC3CCCO3)CC2)cc1. The molecule has 25 heavy (non-hydrogen) atoms. The molecule has 3 rings (SSSR count). The van der Waals surface area contributed by atoms with Crippen LogP contribution in [0.1, 0.15) is 39.2 Å². The normalized spacial score (nSPS) is 22.2. The van der Waals surface area contributed by atoms with Crippen LogP contribution < -0.4 is 5.32 Å². The molecule has 0 spiro atoms. The molecular weight excluding hydrogens is 314 g/mol. The number of benzene rings is 1. The molecule has 1 unspecified atom stereocenters. The van der Waals surface area contributed by atoms with E-state index >= 15 is 0 Å². The number of piperazine rings is 1. The highest BCUT2D eigenvalue weighted by Crippen LogP contribution is 2.23. The molecule has 0 bridgehead atoms. The molecule has 0 radical (unpaired) electrons. The maximum atomic E-state index is 12.5. The summed E-state index contributed by atoms with van der Waals surface area (Å²) in [6.07, 6.45) is 2.74. The number of ether oxygens (including phenoxy) is 1. The number of carbonyl (C=O) groups is 1. The van der Waals surface area contributed by atoms with Crippen LogP contribution in [0, 0.1) is 0 Å². The Kier molecular flexibility index (Phi) is 5.64. The van der Waals surface area contributed by atoms with Crippen molar-refractivity contribution in [1.82, 2.24) is 9.80 Å². The van der Waals surface area contributed by atoms with E-state index in [4.69, 9.17) is 4.74 Å². The van der Waals surface area contributed by atoms with E-state index in [1.54, 1.807) is 0 Å². The standard InChI is InChI=1S/C20H31N3O2/c1-20(2,3)16-6-8-17(9-7-16)21-19(24)23-12-10-22(11-13-23)15-18-5-4-14-25-18/h6-9,18H,4-5,10-15H2,1-3H3,(H,21,24). The van der Waals surface area contributed by atoms with Crippen LogP contribution in [-0.4, -0.2) is 61.3 Å². The van der Waals surface area contributed by atoms with Gasteiger partial charge in [0.15, 0.2) is 0 Å². The lowest BCUT2D eigenvalue weighted by molar-refractivity contribution is 0.0572. The molecule has 2 fully saturated rings. The van der Waals surface area contributed by atoms with E-state index in [-0.39, 0.29) is 11.4 Å². The van der Waals surface area contributed by atoms with E-state index in [0.717, 1.165) is 45.0 Å². The van der Waals surface area contributed by atoms with Crippen molar-refractivity contribution in [3.05, 3.63) is 29.8 Å². The van der Waals surface area contributed by atoms with Crippen LogP contribution in [0.2, 0.25) is 0 Å². The monoisotopic (exact) mass is 345 g/mol. The average molecular weight is 345 g/mol. The number of hydrogen-bond acceptors (Lipinski definition) is 3. The summed E-state index contributed by atoms with van der Waals surface area (Å²) >= 11 is 0. The Bertz CT molecular complexity index is 566. The molecule has 0 aromatic heterocycles. The molecule has 1 atom stereocenters. The van der Waals surface area contributed by atoms with Crippen molar-refractivity contribution in [3.63, 3.8) is 0 Å². The van der Waals surface area contributed by atoms with Gasteiger partial charge in [0.2, 0.25) is 0 Å². The Morgan fingerprint density at radius 3 is 2.40 bits per heavy atom. The summed E-state index contributed by atoms with van der Waals surface area (Å²) in [5, 5.41) is 3.02. The Balaban J connectivity index is 1.46. The third-order valence-electron chi connectivity index (χ3n) is 5.15. The first kappa shape index (κ1) is 18.2. The molecule has 2 heterocycles. The highest BCUT2D eigenvalue weighted by Gasteiger charge is 2.25. The van der Waals surface area contributed by atoms with E-state index in [9.17, 15) is 4.79 Å². The van der Waals surface area contributed by atoms with E-state index < -0.39 is 0 Å². The molecule has 5 nitrogen and oxygen atoms in total. The lowest BCUT2D eigenvalue weighted by Gasteiger charge is -2.35. The van der Waals surface area contributed by atoms with Crippen LogP contribution in [0.4, 0.5) is 10.5 Å². The Morgan fingerprint density at radius 1 is 1.16 bits per heavy atom. The van der Waals surface area contributed by atoms with Gasteiger partial charge in [-0.25, -0.2) is 4.79 Å². The van der Waals surface area contributed by atoms with Gasteiger partial charge in [0.1, 0.15) is 0 Å². The van der Waals surface area contributed by atoms with Crippen LogP contribution in [0.3, 0.4) is 0 Å². The van der Waals surface area contributed by atoms with Crippen LogP contribution in [0.25, 0.3) is 0 Å². The number of urea groups is 1. The minimum absolute atomic E-state index is 0.000255. The number of nitrogens with zero attached hydrogens (tertiary/aromatic N) is 2. The summed E-state index contributed by atoms with van der Waals surface area (Å²) in [7, 11) is 0. The van der Waals surface area contributed by atoms with Gasteiger partial charge in [0.25, 0.3) is 0 Å². The fourth-order valence-corrected chi connectivity index (χ4v) is 3.47. The zero-order chi connectivity index (χ0) is 17.9. The van der Waals surface area contributed by atoms with Gasteiger partial charge in [0, 0.05) is 45.0 Å². The second-order valence-electron chi connectivity index (χ2n) is 8.18. The minimum atomic E-state index is 0.000255. The molecule has 0 saturated carbocycles. The van der Waals surface area contributed by atoms with Crippen LogP contribution in [0.5, 0.6) is 0 Å². The lowest BCUT2D eigenvalue weighted by Crippen LogP contribution is -2.51. The Labute approximate surface area is 151 Å². The van der Waals surface area contributed by atoms with E-state index in [2.05, 4.69) is 43.1 Å². The molecule has 0 aliphatic carbocycles. The summed E-state index contributed by atoms with van der Waals surface area (Å²) in [5.74, 6) is 0. The number of nitrogens with one attached hydrogen (secondary N) is 1. The first-order valence-corrected chi connectivity index (χ1v) is 9.42. The smallest absolute Gasteiger partial charge is 0.321 e. The van der Waals surface area contributed by atoms with Gasteiger partial charge in [-0.05, 0) is 36.0 Å². The summed E-state index contributed by atoms with van der Waals surface area (Å²) < 4.78 is 5.71. The Morgan fingerprint density at radius 2 is 1.84 bits per heavy atom. The highest BCUT2D eigenvalue weighted by atomic mass is 16.5. The van der Waals surface area contributed by atoms with E-state index in [1.807, 2.05) is 17.0 Å². The third-order valence-corrected chi connectivity index (χ3v) is 5.15. The molecule has 5 heteroatoms. The van der Waals surface area contributed by atoms with Crippen molar-refractivity contribution in [1.29, 1.82) is 0 Å². The molecular formula is C20H31N3O2. The second-order valence-corrected chi connectivity index (χ2v) is 8.18. The molecule has 1 N–H and O–H groups in total. The van der Waals surface area contributed by atoms with Crippen molar-refractivity contribution in [2.45, 2.75) is 45.1 Å². The summed E-state index contributed by atoms with van der Waals surface area (Å²) in [5.41, 5.74) is 2.26. The van der Waals surface area contributed by atoms with Crippen molar-refractivity contribution in [2.24, 2.45) is 0 Å². The number of hydrogen-bond donors (Lipinski definition) is 1. The van der Waals surface area contributed by atoms with Gasteiger partial charge < -0.3 is 15.0 Å². The maximum Gasteiger partial charge on any atom is 0.321 e. The van der Waals surface area contributed by atoms with Crippen LogP contribution in [-0.2, 0) is 10.2 Å². The predicted octanol–water partition coefficient (Wildman–Crippen LogP) is 3.31. The summed E-state index contributed by atoms with van der Waals surface area (Å²) in [6, 6.07) is 8.17. The zero-order valence-corrected chi connectivity index (χ0v) is 15.8. The van der Waals surface area contributed by atoms with Crippen LogP contribution >= 0.6 is 0 Å². The zero-order valence-electron chi connectivity index (χ0n) is 15.8. The number of carbonyl (C=O) groups excluding carboxylic acids is 1. The van der Waals surface area contributed by atoms with Gasteiger partial charge in [-0.2, -0.15) is 0 Å². The molecule has 2 amide bonds. The van der Waals surface area contributed by atoms with Crippen molar-refractivity contribution < 1.29 is 9.53 Å². The minimum Gasteiger partial charge on any atom is -0.377 e. The van der Waals surface area contributed by atoms with Gasteiger partial charge >= 0.3 is 6.03 Å². The molecule has 138 valence electrons. The highest BCUT2D eigenvalue weighted by molar-refractivity contribution is 5.89. The van der Waals surface area contributed by atoms with E-state index in [1.165, 1.54) is 18.4 Å². The average Bonchev–Trinajstić information content (AvgIpc) is 3.08. The number of amides is 2. The number of rotatable bonds is 3. The fraction of sp³-hybridized carbons (Fsp3) is 0.650. The molecule has 1 aromatic rings. The van der Waals surface area contributed by atoms with Crippen LogP contribution in [0.15, 0.2) is 24.3 Å². The van der Waals surface area contributed by atoms with Gasteiger partial charge in [-0.15, -0.1) is 0 Å². The lowest BCUT2D eigenvalue weighted by atomic mass is 9.87. The second kappa shape index (κ2) is 7.75. The van der Waals surface area contributed by atoms with Crippen molar-refractivity contribution in [2.75, 3.05) is 44.6 Å². The summed E-state index contributed by atoms with van der Waals surface area (Å²) in [4.78, 5) is 16.8. The molecule has 2 saturated heterocycles. The third kappa shape index (κ3) is 4.95. The first-order chi connectivity index (χ1) is 11.9. The Hall–Kier alpha value is -1.59. The molecule has 1 aromatic carbocycles. The summed E-state index contributed by atoms with van der Waals surface area (Å²) in [6.45, 7) is 11.9. The fourth-order valence-electron chi connectivity index (χ4n) is 3.47.